The maximum Gasteiger partial charge on any atom is 0.188 e. The highest BCUT2D eigenvalue weighted by atomic mass is 16.7. The van der Waals surface area contributed by atoms with E-state index in [0.29, 0.717) is 5.92 Å². The molecule has 0 saturated heterocycles. The van der Waals surface area contributed by atoms with Gasteiger partial charge in [0.05, 0.1) is 6.10 Å². The minimum Gasteiger partial charge on any atom is -0.468 e. The van der Waals surface area contributed by atoms with E-state index < -0.39 is 0 Å². The maximum absolute atomic E-state index is 9.98. The number of hydrogen-bond acceptors (Lipinski definition) is 3. The van der Waals surface area contributed by atoms with Crippen molar-refractivity contribution >= 4 is 0 Å². The second kappa shape index (κ2) is 6.03. The number of methoxy groups -OCH3 is 1. The van der Waals surface area contributed by atoms with Gasteiger partial charge in [-0.25, -0.2) is 0 Å². The van der Waals surface area contributed by atoms with E-state index in [1.54, 1.807) is 7.11 Å². The Morgan fingerprint density at radius 2 is 1.88 bits per heavy atom. The molecule has 0 spiro atoms. The first kappa shape index (κ1) is 12.4. The molecule has 1 N–H and O–H groups in total. The van der Waals surface area contributed by atoms with Gasteiger partial charge < -0.3 is 14.6 Å². The number of aliphatic hydroxyl groups is 1. The molecule has 0 amide bonds. The van der Waals surface area contributed by atoms with Gasteiger partial charge >= 0.3 is 0 Å². The average Bonchev–Trinajstić information content (AvgIpc) is 2.38. The first-order valence-electron chi connectivity index (χ1n) is 6.21. The van der Waals surface area contributed by atoms with Crippen LogP contribution in [0.4, 0.5) is 0 Å². The normalized spacial score (nSPS) is 24.6. The molecule has 0 aromatic heterocycles. The molecule has 1 saturated carbocycles. The van der Waals surface area contributed by atoms with Crippen molar-refractivity contribution in [2.24, 2.45) is 0 Å². The zero-order valence-corrected chi connectivity index (χ0v) is 10.3. The molecular formula is C14H20O3. The van der Waals surface area contributed by atoms with E-state index in [-0.39, 0.29) is 12.9 Å². The lowest BCUT2D eigenvalue weighted by atomic mass is 9.82. The van der Waals surface area contributed by atoms with Crippen LogP contribution in [0.25, 0.3) is 0 Å². The highest BCUT2D eigenvalue weighted by Crippen LogP contribution is 2.33. The molecule has 1 fully saturated rings. The minimum atomic E-state index is -0.186. The molecule has 1 aliphatic carbocycles. The van der Waals surface area contributed by atoms with Crippen molar-refractivity contribution in [1.29, 1.82) is 0 Å². The zero-order valence-electron chi connectivity index (χ0n) is 10.3. The summed E-state index contributed by atoms with van der Waals surface area (Å²) in [5.41, 5.74) is 1.21. The van der Waals surface area contributed by atoms with Crippen LogP contribution < -0.4 is 4.74 Å². The fourth-order valence-corrected chi connectivity index (χ4v) is 2.44. The van der Waals surface area contributed by atoms with Crippen LogP contribution in [0.5, 0.6) is 5.75 Å². The second-order valence-corrected chi connectivity index (χ2v) is 4.58. The molecule has 2 rings (SSSR count). The van der Waals surface area contributed by atoms with Gasteiger partial charge in [-0.05, 0) is 30.5 Å². The lowest BCUT2D eigenvalue weighted by molar-refractivity contribution is 0.0510. The summed E-state index contributed by atoms with van der Waals surface area (Å²) in [6.45, 7) is 0.269. The van der Waals surface area contributed by atoms with Gasteiger partial charge in [0.1, 0.15) is 5.75 Å². The summed E-state index contributed by atoms with van der Waals surface area (Å²) in [7, 11) is 1.60. The predicted octanol–water partition coefficient (Wildman–Crippen LogP) is 2.69. The number of aliphatic hydroxyl groups excluding tert-OH is 1. The average molecular weight is 236 g/mol. The van der Waals surface area contributed by atoms with E-state index in [4.69, 9.17) is 9.47 Å². The summed E-state index contributed by atoms with van der Waals surface area (Å²) < 4.78 is 10.2. The Hall–Kier alpha value is -1.06. The van der Waals surface area contributed by atoms with E-state index in [9.17, 15) is 5.11 Å². The highest BCUT2D eigenvalue weighted by Gasteiger charge is 2.24. The topological polar surface area (TPSA) is 38.7 Å². The molecule has 0 radical (unpaired) electrons. The quantitative estimate of drug-likeness (QED) is 0.817. The summed E-state index contributed by atoms with van der Waals surface area (Å²) in [5, 5.41) is 9.98. The van der Waals surface area contributed by atoms with Crippen LogP contribution in [0.2, 0.25) is 0 Å². The Kier molecular flexibility index (Phi) is 4.40. The van der Waals surface area contributed by atoms with Crippen molar-refractivity contribution in [3.8, 4) is 5.75 Å². The highest BCUT2D eigenvalue weighted by molar-refractivity contribution is 5.30. The molecule has 1 aromatic carbocycles. The van der Waals surface area contributed by atoms with Crippen molar-refractivity contribution in [1.82, 2.24) is 0 Å². The van der Waals surface area contributed by atoms with E-state index in [1.165, 1.54) is 12.0 Å². The lowest BCUT2D eigenvalue weighted by Gasteiger charge is -2.27. The number of ether oxygens (including phenoxy) is 2. The largest absolute Gasteiger partial charge is 0.468 e. The molecule has 2 atom stereocenters. The number of rotatable bonds is 4. The van der Waals surface area contributed by atoms with Crippen molar-refractivity contribution in [3.63, 3.8) is 0 Å². The van der Waals surface area contributed by atoms with Crippen molar-refractivity contribution in [2.45, 2.75) is 37.7 Å². The van der Waals surface area contributed by atoms with Crippen LogP contribution in [-0.4, -0.2) is 25.1 Å². The predicted molar refractivity (Wildman–Crippen MR) is 66.2 cm³/mol. The number of hydrogen-bond donors (Lipinski definition) is 1. The van der Waals surface area contributed by atoms with Gasteiger partial charge in [0.25, 0.3) is 0 Å². The smallest absolute Gasteiger partial charge is 0.188 e. The Balaban J connectivity index is 2.01. The molecule has 0 unspecified atom stereocenters. The van der Waals surface area contributed by atoms with Crippen LogP contribution in [0.3, 0.4) is 0 Å². The molecule has 0 aliphatic heterocycles. The van der Waals surface area contributed by atoms with E-state index >= 15 is 0 Å². The van der Waals surface area contributed by atoms with Gasteiger partial charge in [0.2, 0.25) is 0 Å². The van der Waals surface area contributed by atoms with Crippen molar-refractivity contribution < 1.29 is 14.6 Å². The summed E-state index contributed by atoms with van der Waals surface area (Å²) in [5.74, 6) is 1.10. The summed E-state index contributed by atoms with van der Waals surface area (Å²) >= 11 is 0. The summed E-state index contributed by atoms with van der Waals surface area (Å²) in [6.07, 6.45) is 4.18. The monoisotopic (exact) mass is 236 g/mol. The van der Waals surface area contributed by atoms with Crippen LogP contribution in [0.15, 0.2) is 24.3 Å². The van der Waals surface area contributed by atoms with Gasteiger partial charge in [0.15, 0.2) is 6.79 Å². The number of benzene rings is 1. The Morgan fingerprint density at radius 1 is 1.18 bits per heavy atom. The first-order valence-corrected chi connectivity index (χ1v) is 6.21. The SMILES string of the molecule is COCOc1ccc([C@@H]2CCCC[C@H]2O)cc1. The molecular weight excluding hydrogens is 216 g/mol. The lowest BCUT2D eigenvalue weighted by Crippen LogP contribution is -2.22. The van der Waals surface area contributed by atoms with Crippen LogP contribution in [-0.2, 0) is 4.74 Å². The second-order valence-electron chi connectivity index (χ2n) is 4.58. The van der Waals surface area contributed by atoms with Gasteiger partial charge in [-0.3, -0.25) is 0 Å². The van der Waals surface area contributed by atoms with E-state index in [1.807, 2.05) is 24.3 Å². The molecule has 17 heavy (non-hydrogen) atoms. The van der Waals surface area contributed by atoms with Crippen LogP contribution in [0.1, 0.15) is 37.2 Å². The van der Waals surface area contributed by atoms with Gasteiger partial charge in [-0.15, -0.1) is 0 Å². The van der Waals surface area contributed by atoms with Gasteiger partial charge in [-0.1, -0.05) is 25.0 Å². The molecule has 94 valence electrons. The van der Waals surface area contributed by atoms with E-state index in [0.717, 1.165) is 25.0 Å². The fraction of sp³-hybridized carbons (Fsp3) is 0.571. The molecule has 1 aliphatic rings. The zero-order chi connectivity index (χ0) is 12.1. The fourth-order valence-electron chi connectivity index (χ4n) is 2.44. The maximum atomic E-state index is 9.98. The molecule has 0 bridgehead atoms. The van der Waals surface area contributed by atoms with Gasteiger partial charge in [-0.2, -0.15) is 0 Å². The van der Waals surface area contributed by atoms with Crippen molar-refractivity contribution in [2.75, 3.05) is 13.9 Å². The molecule has 1 aromatic rings. The third-order valence-corrected chi connectivity index (χ3v) is 3.38. The Labute approximate surface area is 102 Å². The molecule has 3 heteroatoms. The summed E-state index contributed by atoms with van der Waals surface area (Å²) in [6, 6.07) is 7.97. The Bertz CT molecular complexity index is 334. The third-order valence-electron chi connectivity index (χ3n) is 3.38. The van der Waals surface area contributed by atoms with Gasteiger partial charge in [0, 0.05) is 13.0 Å². The molecule has 0 heterocycles. The van der Waals surface area contributed by atoms with E-state index in [2.05, 4.69) is 0 Å². The standard InChI is InChI=1S/C14H20O3/c1-16-10-17-12-8-6-11(7-9-12)13-4-2-3-5-14(13)15/h6-9,13-15H,2-5,10H2,1H3/t13-,14+/m0/s1. The molecule has 3 nitrogen and oxygen atoms in total. The third kappa shape index (κ3) is 3.20. The first-order chi connectivity index (χ1) is 8.31. The minimum absolute atomic E-state index is 0.186. The summed E-state index contributed by atoms with van der Waals surface area (Å²) in [4.78, 5) is 0. The van der Waals surface area contributed by atoms with Crippen molar-refractivity contribution in [3.05, 3.63) is 29.8 Å². The van der Waals surface area contributed by atoms with Crippen LogP contribution in [0, 0.1) is 0 Å². The Morgan fingerprint density at radius 3 is 2.53 bits per heavy atom. The van der Waals surface area contributed by atoms with Crippen LogP contribution >= 0.6 is 0 Å².